The van der Waals surface area contributed by atoms with Crippen LogP contribution in [0.25, 0.3) is 0 Å². The van der Waals surface area contributed by atoms with Crippen molar-refractivity contribution in [2.45, 2.75) is 71.0 Å². The Morgan fingerprint density at radius 3 is 2.18 bits per heavy atom. The van der Waals surface area contributed by atoms with Gasteiger partial charge in [-0.3, -0.25) is 24.0 Å². The number of nitrogens with zero attached hydrogens (tertiary/aromatic N) is 3. The van der Waals surface area contributed by atoms with Crippen LogP contribution in [0.2, 0.25) is 0 Å². The lowest BCUT2D eigenvalue weighted by molar-refractivity contribution is -0.385. The van der Waals surface area contributed by atoms with E-state index in [1.165, 1.54) is 43.2 Å². The van der Waals surface area contributed by atoms with Gasteiger partial charge in [0.05, 0.1) is 22.6 Å². The number of methoxy groups -OCH3 is 1. The van der Waals surface area contributed by atoms with Crippen LogP contribution in [0.5, 0.6) is 5.75 Å². The molecule has 11 nitrogen and oxygen atoms in total. The molecular formula is C32H40N4O7S. The van der Waals surface area contributed by atoms with Crippen molar-refractivity contribution < 1.29 is 27.7 Å². The first-order valence-corrected chi connectivity index (χ1v) is 15.6. The van der Waals surface area contributed by atoms with Gasteiger partial charge in [-0.25, -0.2) is 8.42 Å². The maximum atomic E-state index is 14.3. The van der Waals surface area contributed by atoms with Crippen LogP contribution in [0.4, 0.5) is 11.4 Å². The molecule has 3 rings (SSSR count). The largest absolute Gasteiger partial charge is 0.497 e. The molecule has 0 aliphatic heterocycles. The number of benzene rings is 3. The maximum absolute atomic E-state index is 14.3. The van der Waals surface area contributed by atoms with E-state index in [2.05, 4.69) is 5.32 Å². The summed E-state index contributed by atoms with van der Waals surface area (Å²) in [6.45, 7) is 10.1. The van der Waals surface area contributed by atoms with E-state index in [0.29, 0.717) is 11.3 Å². The highest BCUT2D eigenvalue weighted by Crippen LogP contribution is 2.30. The van der Waals surface area contributed by atoms with Crippen LogP contribution in [0.1, 0.15) is 50.8 Å². The van der Waals surface area contributed by atoms with Crippen LogP contribution in [0.15, 0.2) is 71.6 Å². The monoisotopic (exact) mass is 624 g/mol. The minimum atomic E-state index is -4.50. The summed E-state index contributed by atoms with van der Waals surface area (Å²) in [5, 5.41) is 14.6. The number of nitro benzene ring substituents is 1. The van der Waals surface area contributed by atoms with Crippen molar-refractivity contribution in [1.29, 1.82) is 0 Å². The summed E-state index contributed by atoms with van der Waals surface area (Å²) in [6.07, 6.45) is 0.277. The minimum Gasteiger partial charge on any atom is -0.497 e. The molecule has 0 bridgehead atoms. The molecule has 0 spiro atoms. The smallest absolute Gasteiger partial charge is 0.273 e. The fourth-order valence-corrected chi connectivity index (χ4v) is 6.13. The highest BCUT2D eigenvalue weighted by molar-refractivity contribution is 7.92. The summed E-state index contributed by atoms with van der Waals surface area (Å²) in [6, 6.07) is 16.2. The van der Waals surface area contributed by atoms with E-state index < -0.39 is 39.0 Å². The highest BCUT2D eigenvalue weighted by Gasteiger charge is 2.35. The van der Waals surface area contributed by atoms with Gasteiger partial charge in [-0.1, -0.05) is 37.3 Å². The van der Waals surface area contributed by atoms with E-state index in [1.807, 2.05) is 52.0 Å². The number of amides is 2. The molecule has 0 fully saturated rings. The number of hydrogen-bond donors (Lipinski definition) is 1. The molecule has 1 atom stereocenters. The average Bonchev–Trinajstić information content (AvgIpc) is 2.95. The quantitative estimate of drug-likeness (QED) is 0.218. The first-order valence-electron chi connectivity index (χ1n) is 14.2. The molecule has 0 aliphatic rings. The topological polar surface area (TPSA) is 139 Å². The van der Waals surface area contributed by atoms with Crippen LogP contribution in [0, 0.1) is 24.0 Å². The van der Waals surface area contributed by atoms with Crippen LogP contribution in [-0.4, -0.2) is 55.3 Å². The number of rotatable bonds is 12. The van der Waals surface area contributed by atoms with E-state index in [0.717, 1.165) is 21.5 Å². The van der Waals surface area contributed by atoms with Gasteiger partial charge in [0.2, 0.25) is 11.8 Å². The SMILES string of the molecule is CC[C@@H](C(=O)NC(C)(C)C)N(Cc1ccccc1C)C(=O)CN(c1ccc(OC)cc1)S(=O)(=O)c1ccc(C)c([N+](=O)[O-])c1. The molecule has 44 heavy (non-hydrogen) atoms. The van der Waals surface area contributed by atoms with E-state index in [9.17, 15) is 28.1 Å². The number of hydrogen-bond acceptors (Lipinski definition) is 7. The van der Waals surface area contributed by atoms with Crippen LogP contribution < -0.4 is 14.4 Å². The molecule has 0 unspecified atom stereocenters. The summed E-state index contributed by atoms with van der Waals surface area (Å²) >= 11 is 0. The third-order valence-corrected chi connectivity index (χ3v) is 8.86. The predicted molar refractivity (Wildman–Crippen MR) is 169 cm³/mol. The number of sulfonamides is 1. The maximum Gasteiger partial charge on any atom is 0.273 e. The number of nitro groups is 1. The molecule has 2 amide bonds. The third-order valence-electron chi connectivity index (χ3n) is 7.09. The normalized spacial score (nSPS) is 12.2. The zero-order valence-corrected chi connectivity index (χ0v) is 27.0. The molecule has 0 radical (unpaired) electrons. The molecule has 3 aromatic carbocycles. The fraction of sp³-hybridized carbons (Fsp3) is 0.375. The Kier molecular flexibility index (Phi) is 10.7. The standard InChI is InChI=1S/C32H40N4O7S/c1-8-28(31(38)33-32(4,5)6)34(20-24-12-10-9-11-22(24)2)30(37)21-35(25-14-16-26(43-7)17-15-25)44(41,42)27-18-13-23(3)29(19-27)36(39)40/h9-19,28H,8,20-21H2,1-7H3,(H,33,38)/t28-/m0/s1. The van der Waals surface area contributed by atoms with Gasteiger partial charge in [0.15, 0.2) is 0 Å². The Hall–Kier alpha value is -4.45. The third kappa shape index (κ3) is 8.13. The summed E-state index contributed by atoms with van der Waals surface area (Å²) in [5.41, 5.74) is 1.21. The molecule has 0 saturated heterocycles. The van der Waals surface area contributed by atoms with E-state index in [-0.39, 0.29) is 35.1 Å². The van der Waals surface area contributed by atoms with Crippen LogP contribution >= 0.6 is 0 Å². The van der Waals surface area contributed by atoms with Gasteiger partial charge in [-0.2, -0.15) is 0 Å². The van der Waals surface area contributed by atoms with E-state index in [1.54, 1.807) is 19.1 Å². The zero-order chi connectivity index (χ0) is 32.8. The van der Waals surface area contributed by atoms with Crippen molar-refractivity contribution in [2.75, 3.05) is 18.0 Å². The Morgan fingerprint density at radius 2 is 1.64 bits per heavy atom. The highest BCUT2D eigenvalue weighted by atomic mass is 32.2. The predicted octanol–water partition coefficient (Wildman–Crippen LogP) is 5.14. The van der Waals surface area contributed by atoms with Crippen molar-refractivity contribution in [1.82, 2.24) is 10.2 Å². The van der Waals surface area contributed by atoms with Crippen molar-refractivity contribution in [3.05, 3.63) is 93.5 Å². The second-order valence-electron chi connectivity index (χ2n) is 11.5. The molecule has 1 N–H and O–H groups in total. The van der Waals surface area contributed by atoms with Gasteiger partial charge in [0.25, 0.3) is 15.7 Å². The number of nitrogens with one attached hydrogen (secondary N) is 1. The van der Waals surface area contributed by atoms with Crippen molar-refractivity contribution in [3.63, 3.8) is 0 Å². The van der Waals surface area contributed by atoms with Gasteiger partial charge in [0.1, 0.15) is 18.3 Å². The van der Waals surface area contributed by atoms with Gasteiger partial charge >= 0.3 is 0 Å². The number of carbonyl (C=O) groups is 2. The molecule has 3 aromatic rings. The first kappa shape index (κ1) is 34.0. The van der Waals surface area contributed by atoms with Gasteiger partial charge in [-0.05, 0) is 82.5 Å². The van der Waals surface area contributed by atoms with Crippen LogP contribution in [-0.2, 0) is 26.2 Å². The van der Waals surface area contributed by atoms with Crippen molar-refractivity contribution in [2.24, 2.45) is 0 Å². The molecule has 12 heteroatoms. The van der Waals surface area contributed by atoms with Crippen molar-refractivity contribution in [3.8, 4) is 5.75 Å². The summed E-state index contributed by atoms with van der Waals surface area (Å²) in [7, 11) is -3.03. The summed E-state index contributed by atoms with van der Waals surface area (Å²) in [5.74, 6) is -0.519. The molecule has 0 aliphatic carbocycles. The first-order chi connectivity index (χ1) is 20.6. The minimum absolute atomic E-state index is 0.0636. The van der Waals surface area contributed by atoms with Crippen LogP contribution in [0.3, 0.4) is 0 Å². The molecular weight excluding hydrogens is 584 g/mol. The Balaban J connectivity index is 2.14. The number of anilines is 1. The van der Waals surface area contributed by atoms with Gasteiger partial charge in [-0.15, -0.1) is 0 Å². The lowest BCUT2D eigenvalue weighted by Crippen LogP contribution is -2.55. The molecule has 236 valence electrons. The average molecular weight is 625 g/mol. The molecule has 0 saturated carbocycles. The second kappa shape index (κ2) is 13.9. The lowest BCUT2D eigenvalue weighted by atomic mass is 10.0. The number of carbonyl (C=O) groups excluding carboxylic acids is 2. The Labute approximate surface area is 259 Å². The summed E-state index contributed by atoms with van der Waals surface area (Å²) < 4.78 is 34.4. The zero-order valence-electron chi connectivity index (χ0n) is 26.2. The van der Waals surface area contributed by atoms with Crippen molar-refractivity contribution >= 4 is 33.2 Å². The number of aryl methyl sites for hydroxylation is 2. The van der Waals surface area contributed by atoms with Gasteiger partial charge in [0, 0.05) is 23.7 Å². The molecule has 0 aromatic heterocycles. The van der Waals surface area contributed by atoms with E-state index >= 15 is 0 Å². The Bertz CT molecular complexity index is 1620. The molecule has 0 heterocycles. The van der Waals surface area contributed by atoms with Gasteiger partial charge < -0.3 is 15.0 Å². The van der Waals surface area contributed by atoms with E-state index in [4.69, 9.17) is 4.74 Å². The lowest BCUT2D eigenvalue weighted by Gasteiger charge is -2.35. The Morgan fingerprint density at radius 1 is 1.00 bits per heavy atom. The summed E-state index contributed by atoms with van der Waals surface area (Å²) in [4.78, 5) is 39.8. The fourth-order valence-electron chi connectivity index (χ4n) is 4.69. The number of ether oxygens (including phenoxy) is 1. The second-order valence-corrected chi connectivity index (χ2v) is 13.4.